The molecule has 0 fully saturated rings. The van der Waals surface area contributed by atoms with Gasteiger partial charge in [-0.3, -0.25) is 0 Å². The molecule has 0 radical (unpaired) electrons. The fourth-order valence-corrected chi connectivity index (χ4v) is 1.47. The zero-order chi connectivity index (χ0) is 14.0. The minimum absolute atomic E-state index is 0.0307. The number of aromatic carboxylic acids is 1. The summed E-state index contributed by atoms with van der Waals surface area (Å²) >= 11 is 5.61. The van der Waals surface area contributed by atoms with Crippen molar-refractivity contribution in [3.05, 3.63) is 52.7 Å². The molecule has 0 aliphatic rings. The van der Waals surface area contributed by atoms with Gasteiger partial charge in [0.1, 0.15) is 10.7 Å². The van der Waals surface area contributed by atoms with Crippen LogP contribution in [0.1, 0.15) is 10.4 Å². The third-order valence-electron chi connectivity index (χ3n) is 2.18. The molecule has 0 aliphatic heterocycles. The van der Waals surface area contributed by atoms with E-state index in [0.717, 1.165) is 18.2 Å². The quantitative estimate of drug-likeness (QED) is 0.877. The average molecular weight is 286 g/mol. The molecule has 19 heavy (non-hydrogen) atoms. The van der Waals surface area contributed by atoms with E-state index in [-0.39, 0.29) is 10.7 Å². The van der Waals surface area contributed by atoms with Gasteiger partial charge in [-0.05, 0) is 24.3 Å². The molecule has 2 aromatic rings. The molecule has 0 atom stereocenters. The normalized spacial score (nSPS) is 10.3. The Labute approximate surface area is 111 Å². The summed E-state index contributed by atoms with van der Waals surface area (Å²) in [7, 11) is 0. The summed E-state index contributed by atoms with van der Waals surface area (Å²) in [6.07, 6.45) is 0. The lowest BCUT2D eigenvalue weighted by Crippen LogP contribution is -2.03. The van der Waals surface area contributed by atoms with Gasteiger partial charge in [-0.1, -0.05) is 17.7 Å². The minimum atomic E-state index is -1.32. The van der Waals surface area contributed by atoms with Crippen molar-refractivity contribution in [1.82, 2.24) is 4.98 Å². The van der Waals surface area contributed by atoms with Gasteiger partial charge >= 0.3 is 5.97 Å². The van der Waals surface area contributed by atoms with Crippen LogP contribution >= 0.6 is 11.6 Å². The first kappa shape index (κ1) is 13.2. The Hall–Kier alpha value is -2.21. The van der Waals surface area contributed by atoms with Gasteiger partial charge in [0.15, 0.2) is 11.6 Å². The van der Waals surface area contributed by atoms with Crippen molar-refractivity contribution in [1.29, 1.82) is 0 Å². The predicted molar refractivity (Wildman–Crippen MR) is 62.6 cm³/mol. The largest absolute Gasteiger partial charge is 0.477 e. The van der Waals surface area contributed by atoms with Crippen molar-refractivity contribution in [3.8, 4) is 11.6 Å². The number of carboxylic acids is 1. The number of carboxylic acid groups (broad SMARTS) is 1. The number of aromatic nitrogens is 1. The first-order valence-corrected chi connectivity index (χ1v) is 5.38. The summed E-state index contributed by atoms with van der Waals surface area (Å²) in [5, 5.41) is 8.90. The molecule has 0 saturated carbocycles. The van der Waals surface area contributed by atoms with Gasteiger partial charge in [0.05, 0.1) is 0 Å². The third-order valence-corrected chi connectivity index (χ3v) is 2.39. The van der Waals surface area contributed by atoms with Gasteiger partial charge in [0.25, 0.3) is 0 Å². The van der Waals surface area contributed by atoms with Crippen LogP contribution in [-0.4, -0.2) is 16.1 Å². The Balaban J connectivity index is 2.45. The second-order valence-corrected chi connectivity index (χ2v) is 3.83. The number of nitrogens with zero attached hydrogens (tertiary/aromatic N) is 1. The van der Waals surface area contributed by atoms with Crippen LogP contribution in [0.4, 0.5) is 8.78 Å². The Morgan fingerprint density at radius 1 is 1.26 bits per heavy atom. The predicted octanol–water partition coefficient (Wildman–Crippen LogP) is 3.50. The molecule has 0 spiro atoms. The summed E-state index contributed by atoms with van der Waals surface area (Å²) in [5.41, 5.74) is -0.312. The van der Waals surface area contributed by atoms with Crippen LogP contribution in [0.2, 0.25) is 5.15 Å². The van der Waals surface area contributed by atoms with Crippen molar-refractivity contribution in [2.75, 3.05) is 0 Å². The average Bonchev–Trinajstić information content (AvgIpc) is 2.35. The molecule has 0 amide bonds. The topological polar surface area (TPSA) is 59.4 Å². The number of ether oxygens (including phenoxy) is 1. The maximum atomic E-state index is 13.4. The third kappa shape index (κ3) is 2.79. The molecule has 1 N–H and O–H groups in total. The van der Waals surface area contributed by atoms with Gasteiger partial charge < -0.3 is 9.84 Å². The van der Waals surface area contributed by atoms with Crippen LogP contribution < -0.4 is 4.74 Å². The SMILES string of the molecule is O=C(O)c1ccc(Cl)nc1Oc1cccc(F)c1F. The molecule has 1 aromatic carbocycles. The molecule has 7 heteroatoms. The molecule has 0 unspecified atom stereocenters. The Bertz CT molecular complexity index is 649. The first-order valence-electron chi connectivity index (χ1n) is 5.00. The Kier molecular flexibility index (Phi) is 3.62. The summed E-state index contributed by atoms with van der Waals surface area (Å²) in [6, 6.07) is 5.68. The maximum absolute atomic E-state index is 13.4. The highest BCUT2D eigenvalue weighted by molar-refractivity contribution is 6.29. The number of hydrogen-bond acceptors (Lipinski definition) is 3. The van der Waals surface area contributed by atoms with E-state index in [1.54, 1.807) is 0 Å². The fraction of sp³-hybridized carbons (Fsp3) is 0. The molecule has 1 heterocycles. The van der Waals surface area contributed by atoms with Gasteiger partial charge in [0.2, 0.25) is 11.7 Å². The number of hydrogen-bond donors (Lipinski definition) is 1. The molecule has 98 valence electrons. The van der Waals surface area contributed by atoms with Crippen LogP contribution in [0, 0.1) is 11.6 Å². The molecular weight excluding hydrogens is 280 g/mol. The van der Waals surface area contributed by atoms with E-state index in [0.29, 0.717) is 0 Å². The summed E-state index contributed by atoms with van der Waals surface area (Å²) in [5.74, 6) is -4.56. The van der Waals surface area contributed by atoms with Gasteiger partial charge in [-0.15, -0.1) is 0 Å². The highest BCUT2D eigenvalue weighted by Crippen LogP contribution is 2.28. The van der Waals surface area contributed by atoms with Crippen molar-refractivity contribution in [2.24, 2.45) is 0 Å². The molecular formula is C12H6ClF2NO3. The van der Waals surface area contributed by atoms with Crippen LogP contribution in [0.15, 0.2) is 30.3 Å². The van der Waals surface area contributed by atoms with Gasteiger partial charge in [-0.25, -0.2) is 14.2 Å². The standard InChI is InChI=1S/C12H6ClF2NO3/c13-9-5-4-6(12(17)18)11(16-9)19-8-3-1-2-7(14)10(8)15/h1-5H,(H,17,18). The van der Waals surface area contributed by atoms with Crippen molar-refractivity contribution < 1.29 is 23.4 Å². The highest BCUT2D eigenvalue weighted by atomic mass is 35.5. The summed E-state index contributed by atoms with van der Waals surface area (Å²) in [6.45, 7) is 0. The van der Waals surface area contributed by atoms with Crippen LogP contribution in [0.5, 0.6) is 11.6 Å². The van der Waals surface area contributed by atoms with E-state index in [2.05, 4.69) is 4.98 Å². The van der Waals surface area contributed by atoms with E-state index in [9.17, 15) is 13.6 Å². The zero-order valence-electron chi connectivity index (χ0n) is 9.23. The molecule has 0 saturated heterocycles. The second-order valence-electron chi connectivity index (χ2n) is 3.45. The Morgan fingerprint density at radius 3 is 2.68 bits per heavy atom. The molecule has 4 nitrogen and oxygen atoms in total. The number of rotatable bonds is 3. The van der Waals surface area contributed by atoms with E-state index in [1.165, 1.54) is 12.1 Å². The van der Waals surface area contributed by atoms with Crippen molar-refractivity contribution in [2.45, 2.75) is 0 Å². The second kappa shape index (κ2) is 5.19. The lowest BCUT2D eigenvalue weighted by molar-refractivity contribution is 0.0693. The molecule has 0 bridgehead atoms. The summed E-state index contributed by atoms with van der Waals surface area (Å²) < 4.78 is 31.4. The molecule has 1 aromatic heterocycles. The van der Waals surface area contributed by atoms with Crippen LogP contribution in [0.25, 0.3) is 0 Å². The van der Waals surface area contributed by atoms with E-state index in [4.69, 9.17) is 21.4 Å². The van der Waals surface area contributed by atoms with Crippen molar-refractivity contribution >= 4 is 17.6 Å². The fourth-order valence-electron chi connectivity index (χ4n) is 1.33. The molecule has 2 rings (SSSR count). The minimum Gasteiger partial charge on any atom is -0.477 e. The van der Waals surface area contributed by atoms with Crippen LogP contribution in [0.3, 0.4) is 0 Å². The maximum Gasteiger partial charge on any atom is 0.341 e. The Morgan fingerprint density at radius 2 is 2.00 bits per heavy atom. The molecule has 0 aliphatic carbocycles. The lowest BCUT2D eigenvalue weighted by Gasteiger charge is -2.08. The zero-order valence-corrected chi connectivity index (χ0v) is 9.99. The van der Waals surface area contributed by atoms with E-state index in [1.807, 2.05) is 0 Å². The first-order chi connectivity index (χ1) is 8.99. The van der Waals surface area contributed by atoms with Crippen LogP contribution in [-0.2, 0) is 0 Å². The number of pyridine rings is 1. The van der Waals surface area contributed by atoms with Gasteiger partial charge in [0, 0.05) is 0 Å². The van der Waals surface area contributed by atoms with E-state index < -0.39 is 29.2 Å². The van der Waals surface area contributed by atoms with E-state index >= 15 is 0 Å². The number of halogens is 3. The smallest absolute Gasteiger partial charge is 0.341 e. The number of carbonyl (C=O) groups is 1. The summed E-state index contributed by atoms with van der Waals surface area (Å²) in [4.78, 5) is 14.6. The monoisotopic (exact) mass is 285 g/mol. The van der Waals surface area contributed by atoms with Gasteiger partial charge in [-0.2, -0.15) is 4.39 Å². The highest BCUT2D eigenvalue weighted by Gasteiger charge is 2.17. The van der Waals surface area contributed by atoms with Crippen molar-refractivity contribution in [3.63, 3.8) is 0 Å². The number of benzene rings is 1. The lowest BCUT2D eigenvalue weighted by atomic mass is 10.2.